The van der Waals surface area contributed by atoms with Gasteiger partial charge < -0.3 is 10.1 Å². The van der Waals surface area contributed by atoms with E-state index in [1.807, 2.05) is 13.8 Å². The molecule has 1 atom stereocenters. The van der Waals surface area contributed by atoms with Crippen LogP contribution in [0.3, 0.4) is 0 Å². The first-order valence-corrected chi connectivity index (χ1v) is 8.26. The molecule has 1 heterocycles. The van der Waals surface area contributed by atoms with Gasteiger partial charge in [0.2, 0.25) is 0 Å². The molecule has 1 fully saturated rings. The highest BCUT2D eigenvalue weighted by Crippen LogP contribution is 2.25. The fourth-order valence-electron chi connectivity index (χ4n) is 2.36. The van der Waals surface area contributed by atoms with Gasteiger partial charge in [-0.1, -0.05) is 26.0 Å². The van der Waals surface area contributed by atoms with Crippen molar-refractivity contribution in [2.75, 3.05) is 6.54 Å². The number of hydrogen-bond donors (Lipinski definition) is 2. The van der Waals surface area contributed by atoms with Crippen molar-refractivity contribution in [3.63, 3.8) is 0 Å². The molecule has 1 aliphatic rings. The Morgan fingerprint density at radius 1 is 1.43 bits per heavy atom. The fraction of sp³-hybridized carbons (Fsp3) is 0.500. The lowest BCUT2D eigenvalue weighted by atomic mass is 9.98. The summed E-state index contributed by atoms with van der Waals surface area (Å²) in [5.41, 5.74) is 1.55. The second-order valence-electron chi connectivity index (χ2n) is 5.45. The third-order valence-electron chi connectivity index (χ3n) is 3.48. The maximum atomic E-state index is 11.4. The average molecular weight is 313 g/mol. The van der Waals surface area contributed by atoms with Crippen molar-refractivity contribution in [3.8, 4) is 0 Å². The molecule has 0 aromatic heterocycles. The summed E-state index contributed by atoms with van der Waals surface area (Å²) in [5.74, 6) is -0.0205. The number of carbonyl (C=O) groups excluding carboxylic acids is 1. The predicted molar refractivity (Wildman–Crippen MR) is 76.9 cm³/mol. The molecule has 6 nitrogen and oxygen atoms in total. The zero-order valence-corrected chi connectivity index (χ0v) is 12.8. The van der Waals surface area contributed by atoms with E-state index in [0.717, 1.165) is 5.56 Å². The summed E-state index contributed by atoms with van der Waals surface area (Å²) in [6.07, 6.45) is 0.790. The molecule has 0 bridgehead atoms. The van der Waals surface area contributed by atoms with Crippen LogP contribution in [0.4, 0.5) is 4.79 Å². The Labute approximate surface area is 124 Å². The van der Waals surface area contributed by atoms with Crippen LogP contribution in [0.2, 0.25) is 0 Å². The summed E-state index contributed by atoms with van der Waals surface area (Å²) < 4.78 is 37.0. The van der Waals surface area contributed by atoms with Gasteiger partial charge in [-0.05, 0) is 36.0 Å². The number of rotatable bonds is 5. The molecule has 0 radical (unpaired) electrons. The zero-order valence-electron chi connectivity index (χ0n) is 12.0. The van der Waals surface area contributed by atoms with Gasteiger partial charge >= 0.3 is 6.09 Å². The minimum atomic E-state index is -4.21. The number of nitrogens with one attached hydrogen (secondary N) is 1. The van der Waals surface area contributed by atoms with Crippen molar-refractivity contribution in [1.82, 2.24) is 5.32 Å². The Balaban J connectivity index is 2.14. The van der Waals surface area contributed by atoms with Gasteiger partial charge in [-0.25, -0.2) is 4.79 Å². The van der Waals surface area contributed by atoms with E-state index in [9.17, 15) is 17.8 Å². The highest BCUT2D eigenvalue weighted by atomic mass is 32.2. The molecule has 116 valence electrons. The minimum absolute atomic E-state index is 0.0205. The number of alkyl carbamates (subject to hydrolysis) is 1. The van der Waals surface area contributed by atoms with Crippen LogP contribution in [-0.2, 0) is 21.3 Å². The van der Waals surface area contributed by atoms with Crippen LogP contribution in [0.15, 0.2) is 23.1 Å². The Hall–Kier alpha value is -1.60. The molecular formula is C14H19NO5S. The first-order chi connectivity index (χ1) is 9.77. The van der Waals surface area contributed by atoms with Gasteiger partial charge in [0.1, 0.15) is 6.10 Å². The zero-order chi connectivity index (χ0) is 15.6. The van der Waals surface area contributed by atoms with Crippen molar-refractivity contribution in [1.29, 1.82) is 0 Å². The molecule has 1 aromatic rings. The van der Waals surface area contributed by atoms with E-state index in [1.165, 1.54) is 6.07 Å². The van der Waals surface area contributed by atoms with Crippen molar-refractivity contribution in [3.05, 3.63) is 29.3 Å². The second kappa shape index (κ2) is 6.03. The van der Waals surface area contributed by atoms with E-state index in [0.29, 0.717) is 24.9 Å². The lowest BCUT2D eigenvalue weighted by Gasteiger charge is -2.13. The number of hydrogen-bond acceptors (Lipinski definition) is 4. The minimum Gasteiger partial charge on any atom is -0.444 e. The molecule has 2 N–H and O–H groups in total. The third kappa shape index (κ3) is 3.95. The van der Waals surface area contributed by atoms with E-state index in [2.05, 4.69) is 5.32 Å². The van der Waals surface area contributed by atoms with Crippen LogP contribution in [0, 0.1) is 0 Å². The number of aryl methyl sites for hydroxylation is 1. The third-order valence-corrected chi connectivity index (χ3v) is 4.40. The molecule has 0 spiro atoms. The van der Waals surface area contributed by atoms with Gasteiger partial charge in [0.15, 0.2) is 0 Å². The van der Waals surface area contributed by atoms with Gasteiger partial charge in [-0.15, -0.1) is 0 Å². The van der Waals surface area contributed by atoms with Crippen molar-refractivity contribution >= 4 is 16.2 Å². The van der Waals surface area contributed by atoms with E-state index in [4.69, 9.17) is 4.74 Å². The number of carbonyl (C=O) groups is 1. The monoisotopic (exact) mass is 313 g/mol. The van der Waals surface area contributed by atoms with Gasteiger partial charge in [0.05, 0.1) is 11.4 Å². The Bertz CT molecular complexity index is 639. The Morgan fingerprint density at radius 3 is 2.67 bits per heavy atom. The molecule has 0 aliphatic carbocycles. The maximum Gasteiger partial charge on any atom is 0.407 e. The number of amides is 1. The molecule has 2 rings (SSSR count). The SMILES string of the molecule is CC(C)c1cc(CCC2CNC(=O)O2)ccc1S(=O)(=O)O. The van der Waals surface area contributed by atoms with Gasteiger partial charge in [0.25, 0.3) is 10.1 Å². The predicted octanol–water partition coefficient (Wildman–Crippen LogP) is 2.10. The number of benzene rings is 1. The number of cyclic esters (lactones) is 1. The standard InChI is InChI=1S/C14H19NO5S/c1-9(2)12-7-10(4-6-13(12)21(17,18)19)3-5-11-8-15-14(16)20-11/h4,6-7,9,11H,3,5,8H2,1-2H3,(H,15,16)(H,17,18,19). The second-order valence-corrected chi connectivity index (χ2v) is 6.84. The molecule has 1 amide bonds. The largest absolute Gasteiger partial charge is 0.444 e. The first-order valence-electron chi connectivity index (χ1n) is 6.82. The van der Waals surface area contributed by atoms with Crippen LogP contribution in [0.5, 0.6) is 0 Å². The molecule has 1 unspecified atom stereocenters. The number of ether oxygens (including phenoxy) is 1. The average Bonchev–Trinajstić information content (AvgIpc) is 2.80. The fourth-order valence-corrected chi connectivity index (χ4v) is 3.19. The van der Waals surface area contributed by atoms with Gasteiger partial charge in [-0.2, -0.15) is 8.42 Å². The van der Waals surface area contributed by atoms with Crippen LogP contribution in [-0.4, -0.2) is 31.7 Å². The van der Waals surface area contributed by atoms with Crippen LogP contribution in [0.25, 0.3) is 0 Å². The summed E-state index contributed by atoms with van der Waals surface area (Å²) in [7, 11) is -4.21. The van der Waals surface area contributed by atoms with E-state index >= 15 is 0 Å². The van der Waals surface area contributed by atoms with Gasteiger partial charge in [-0.3, -0.25) is 4.55 Å². The summed E-state index contributed by atoms with van der Waals surface area (Å²) in [6.45, 7) is 4.24. The summed E-state index contributed by atoms with van der Waals surface area (Å²) in [4.78, 5) is 10.9. The molecular weight excluding hydrogens is 294 g/mol. The van der Waals surface area contributed by atoms with Crippen molar-refractivity contribution < 1.29 is 22.5 Å². The van der Waals surface area contributed by atoms with Crippen LogP contribution in [0.1, 0.15) is 37.3 Å². The van der Waals surface area contributed by atoms with E-state index in [-0.39, 0.29) is 16.9 Å². The molecule has 7 heteroatoms. The Kier molecular flexibility index (Phi) is 4.53. The lowest BCUT2D eigenvalue weighted by molar-refractivity contribution is 0.136. The van der Waals surface area contributed by atoms with Crippen LogP contribution >= 0.6 is 0 Å². The van der Waals surface area contributed by atoms with Crippen LogP contribution < -0.4 is 5.32 Å². The lowest BCUT2D eigenvalue weighted by Crippen LogP contribution is -2.15. The molecule has 1 aromatic carbocycles. The molecule has 21 heavy (non-hydrogen) atoms. The topological polar surface area (TPSA) is 92.7 Å². The quantitative estimate of drug-likeness (QED) is 0.812. The molecule has 1 saturated heterocycles. The Morgan fingerprint density at radius 2 is 2.14 bits per heavy atom. The smallest absolute Gasteiger partial charge is 0.407 e. The summed E-state index contributed by atoms with van der Waals surface area (Å²) in [6, 6.07) is 4.90. The highest BCUT2D eigenvalue weighted by Gasteiger charge is 2.22. The van der Waals surface area contributed by atoms with Crippen molar-refractivity contribution in [2.24, 2.45) is 0 Å². The summed E-state index contributed by atoms with van der Waals surface area (Å²) >= 11 is 0. The van der Waals surface area contributed by atoms with Crippen molar-refractivity contribution in [2.45, 2.75) is 43.6 Å². The maximum absolute atomic E-state index is 11.4. The molecule has 0 saturated carbocycles. The van der Waals surface area contributed by atoms with Gasteiger partial charge in [0, 0.05) is 0 Å². The summed E-state index contributed by atoms with van der Waals surface area (Å²) in [5, 5.41) is 2.59. The molecule has 1 aliphatic heterocycles. The normalized spacial score (nSPS) is 18.7. The van der Waals surface area contributed by atoms with E-state index < -0.39 is 16.2 Å². The highest BCUT2D eigenvalue weighted by molar-refractivity contribution is 7.85. The first kappa shape index (κ1) is 15.8. The van der Waals surface area contributed by atoms with E-state index in [1.54, 1.807) is 12.1 Å².